The molecule has 0 saturated heterocycles. The van der Waals surface area contributed by atoms with Gasteiger partial charge in [0.25, 0.3) is 5.91 Å². The van der Waals surface area contributed by atoms with E-state index < -0.39 is 10.0 Å². The summed E-state index contributed by atoms with van der Waals surface area (Å²) >= 11 is 1.21. The third-order valence-electron chi connectivity index (χ3n) is 4.54. The molecule has 8 nitrogen and oxygen atoms in total. The Bertz CT molecular complexity index is 1190. The van der Waals surface area contributed by atoms with Crippen LogP contribution in [0.25, 0.3) is 10.2 Å². The molecule has 0 unspecified atom stereocenters. The first-order valence-electron chi connectivity index (χ1n) is 9.88. The molecule has 0 saturated carbocycles. The fraction of sp³-hybridized carbons (Fsp3) is 0.333. The minimum Gasteiger partial charge on any atom is -0.490 e. The first kappa shape index (κ1) is 23.0. The van der Waals surface area contributed by atoms with Gasteiger partial charge < -0.3 is 9.47 Å². The topological polar surface area (TPSA) is 97.8 Å². The standard InChI is InChI=1S/C21H25N3O5S2/c1-5-24(4)31(26,27)15-9-10-16-19(13-15)30-21(22-16)23-20(25)14-8-11-17(28-6-2)18(12-14)29-7-3/h8-13H,5-7H2,1-4H3,(H,22,23,25). The Hall–Kier alpha value is -2.69. The van der Waals surface area contributed by atoms with Gasteiger partial charge in [-0.05, 0) is 50.2 Å². The monoisotopic (exact) mass is 463 g/mol. The summed E-state index contributed by atoms with van der Waals surface area (Å²) in [5.74, 6) is 0.726. The van der Waals surface area contributed by atoms with Crippen LogP contribution in [0.3, 0.4) is 0 Å². The van der Waals surface area contributed by atoms with Crippen molar-refractivity contribution in [3.63, 3.8) is 0 Å². The zero-order valence-electron chi connectivity index (χ0n) is 17.8. The Kier molecular flexibility index (Phi) is 7.14. The van der Waals surface area contributed by atoms with E-state index in [1.54, 1.807) is 37.3 Å². The van der Waals surface area contributed by atoms with Crippen LogP contribution in [-0.2, 0) is 10.0 Å². The maximum atomic E-state index is 12.7. The molecule has 1 amide bonds. The molecular weight excluding hydrogens is 438 g/mol. The van der Waals surface area contributed by atoms with Crippen LogP contribution < -0.4 is 14.8 Å². The number of anilines is 1. The number of hydrogen-bond acceptors (Lipinski definition) is 7. The summed E-state index contributed by atoms with van der Waals surface area (Å²) in [5, 5.41) is 3.15. The van der Waals surface area contributed by atoms with Gasteiger partial charge in [-0.15, -0.1) is 0 Å². The quantitative estimate of drug-likeness (QED) is 0.515. The number of amides is 1. The second-order valence-corrected chi connectivity index (χ2v) is 9.62. The number of nitrogens with zero attached hydrogens (tertiary/aromatic N) is 2. The molecule has 0 fully saturated rings. The molecule has 10 heteroatoms. The Labute approximate surface area is 185 Å². The van der Waals surface area contributed by atoms with Crippen LogP contribution in [0, 0.1) is 0 Å². The molecule has 166 valence electrons. The van der Waals surface area contributed by atoms with E-state index in [9.17, 15) is 13.2 Å². The Balaban J connectivity index is 1.85. The van der Waals surface area contributed by atoms with Gasteiger partial charge in [0.1, 0.15) is 0 Å². The number of sulfonamides is 1. The normalized spacial score (nSPS) is 11.6. The number of carbonyl (C=O) groups is 1. The number of thiazole rings is 1. The van der Waals surface area contributed by atoms with Crippen molar-refractivity contribution in [2.75, 3.05) is 32.1 Å². The lowest BCUT2D eigenvalue weighted by Gasteiger charge is -2.14. The van der Waals surface area contributed by atoms with Gasteiger partial charge in [0, 0.05) is 19.2 Å². The summed E-state index contributed by atoms with van der Waals surface area (Å²) in [6.45, 7) is 6.81. The Morgan fingerprint density at radius 3 is 2.45 bits per heavy atom. The summed E-state index contributed by atoms with van der Waals surface area (Å²) in [5.41, 5.74) is 1.01. The number of ether oxygens (including phenoxy) is 2. The predicted molar refractivity (Wildman–Crippen MR) is 122 cm³/mol. The van der Waals surface area contributed by atoms with Gasteiger partial charge in [-0.3, -0.25) is 10.1 Å². The molecule has 0 aliphatic rings. The van der Waals surface area contributed by atoms with E-state index in [-0.39, 0.29) is 10.8 Å². The second kappa shape index (κ2) is 9.63. The van der Waals surface area contributed by atoms with Crippen molar-refractivity contribution in [2.45, 2.75) is 25.7 Å². The fourth-order valence-electron chi connectivity index (χ4n) is 2.83. The Morgan fingerprint density at radius 2 is 1.77 bits per heavy atom. The third kappa shape index (κ3) is 4.97. The number of benzene rings is 2. The van der Waals surface area contributed by atoms with Crippen LogP contribution in [0.1, 0.15) is 31.1 Å². The molecule has 0 spiro atoms. The van der Waals surface area contributed by atoms with Gasteiger partial charge in [-0.1, -0.05) is 18.3 Å². The van der Waals surface area contributed by atoms with Crippen molar-refractivity contribution < 1.29 is 22.7 Å². The van der Waals surface area contributed by atoms with E-state index in [0.29, 0.717) is 52.2 Å². The fourth-order valence-corrected chi connectivity index (χ4v) is 5.01. The van der Waals surface area contributed by atoms with E-state index in [4.69, 9.17) is 9.47 Å². The predicted octanol–water partition coefficient (Wildman–Crippen LogP) is 3.99. The van der Waals surface area contributed by atoms with E-state index in [0.717, 1.165) is 0 Å². The van der Waals surface area contributed by atoms with Gasteiger partial charge in [0.2, 0.25) is 10.0 Å². The number of fused-ring (bicyclic) bond motifs is 1. The highest BCUT2D eigenvalue weighted by Gasteiger charge is 2.20. The second-order valence-electron chi connectivity index (χ2n) is 6.55. The highest BCUT2D eigenvalue weighted by molar-refractivity contribution is 7.89. The van der Waals surface area contributed by atoms with E-state index in [1.165, 1.54) is 28.8 Å². The maximum Gasteiger partial charge on any atom is 0.257 e. The number of hydrogen-bond donors (Lipinski definition) is 1. The number of aromatic nitrogens is 1. The minimum atomic E-state index is -3.56. The summed E-state index contributed by atoms with van der Waals surface area (Å²) in [7, 11) is -2.02. The zero-order valence-corrected chi connectivity index (χ0v) is 19.5. The van der Waals surface area contributed by atoms with Crippen molar-refractivity contribution in [3.8, 4) is 11.5 Å². The molecule has 31 heavy (non-hydrogen) atoms. The van der Waals surface area contributed by atoms with Crippen LogP contribution in [0.15, 0.2) is 41.3 Å². The first-order valence-corrected chi connectivity index (χ1v) is 12.1. The summed E-state index contributed by atoms with van der Waals surface area (Å²) in [6, 6.07) is 9.72. The lowest BCUT2D eigenvalue weighted by atomic mass is 10.2. The molecule has 2 aromatic carbocycles. The summed E-state index contributed by atoms with van der Waals surface area (Å²) < 4.78 is 38.2. The maximum absolute atomic E-state index is 12.7. The van der Waals surface area contributed by atoms with Gasteiger partial charge in [0.05, 0.1) is 28.3 Å². The molecule has 0 aliphatic heterocycles. The van der Waals surface area contributed by atoms with Gasteiger partial charge in [-0.2, -0.15) is 0 Å². The molecule has 1 heterocycles. The number of nitrogens with one attached hydrogen (secondary N) is 1. The van der Waals surface area contributed by atoms with Crippen molar-refractivity contribution >= 4 is 42.6 Å². The lowest BCUT2D eigenvalue weighted by Crippen LogP contribution is -2.26. The largest absolute Gasteiger partial charge is 0.490 e. The average molecular weight is 464 g/mol. The molecule has 1 N–H and O–H groups in total. The Morgan fingerprint density at radius 1 is 1.06 bits per heavy atom. The van der Waals surface area contributed by atoms with E-state index in [1.807, 2.05) is 13.8 Å². The van der Waals surface area contributed by atoms with Crippen LogP contribution >= 0.6 is 11.3 Å². The van der Waals surface area contributed by atoms with Crippen molar-refractivity contribution in [3.05, 3.63) is 42.0 Å². The third-order valence-corrected chi connectivity index (χ3v) is 7.40. The van der Waals surface area contributed by atoms with Crippen molar-refractivity contribution in [1.29, 1.82) is 0 Å². The van der Waals surface area contributed by atoms with Crippen LogP contribution in [-0.4, -0.2) is 50.4 Å². The highest BCUT2D eigenvalue weighted by Crippen LogP contribution is 2.31. The van der Waals surface area contributed by atoms with Gasteiger partial charge in [-0.25, -0.2) is 17.7 Å². The van der Waals surface area contributed by atoms with Crippen LogP contribution in [0.4, 0.5) is 5.13 Å². The van der Waals surface area contributed by atoms with E-state index in [2.05, 4.69) is 10.3 Å². The first-order chi connectivity index (χ1) is 14.8. The SMILES string of the molecule is CCOc1ccc(C(=O)Nc2nc3ccc(S(=O)(=O)N(C)CC)cc3s2)cc1OCC. The highest BCUT2D eigenvalue weighted by atomic mass is 32.2. The van der Waals surface area contributed by atoms with Crippen LogP contribution in [0.5, 0.6) is 11.5 Å². The smallest absolute Gasteiger partial charge is 0.257 e. The van der Waals surface area contributed by atoms with Gasteiger partial charge >= 0.3 is 0 Å². The molecule has 0 radical (unpaired) electrons. The molecule has 0 aliphatic carbocycles. The molecule has 0 bridgehead atoms. The molecule has 3 rings (SSSR count). The molecular formula is C21H25N3O5S2. The summed E-state index contributed by atoms with van der Waals surface area (Å²) in [6.07, 6.45) is 0. The van der Waals surface area contributed by atoms with Crippen LogP contribution in [0.2, 0.25) is 0 Å². The molecule has 3 aromatic rings. The minimum absolute atomic E-state index is 0.193. The molecule has 1 aromatic heterocycles. The van der Waals surface area contributed by atoms with E-state index >= 15 is 0 Å². The number of carbonyl (C=O) groups excluding carboxylic acids is 1. The summed E-state index contributed by atoms with van der Waals surface area (Å²) in [4.78, 5) is 17.3. The van der Waals surface area contributed by atoms with Crippen molar-refractivity contribution in [1.82, 2.24) is 9.29 Å². The lowest BCUT2D eigenvalue weighted by molar-refractivity contribution is 0.102. The zero-order chi connectivity index (χ0) is 22.6. The average Bonchev–Trinajstić information content (AvgIpc) is 3.15. The van der Waals surface area contributed by atoms with Gasteiger partial charge in [0.15, 0.2) is 16.6 Å². The van der Waals surface area contributed by atoms with Crippen molar-refractivity contribution in [2.24, 2.45) is 0 Å². The molecule has 0 atom stereocenters. The number of rotatable bonds is 9.